The Kier molecular flexibility index (Phi) is 4.45. The Labute approximate surface area is 96.3 Å². The van der Waals surface area contributed by atoms with Crippen LogP contribution in [0.25, 0.3) is 0 Å². The third-order valence-corrected chi connectivity index (χ3v) is 2.28. The van der Waals surface area contributed by atoms with Gasteiger partial charge in [0.15, 0.2) is 0 Å². The Balaban J connectivity index is 2.71. The van der Waals surface area contributed by atoms with Gasteiger partial charge in [0.1, 0.15) is 11.9 Å². The summed E-state index contributed by atoms with van der Waals surface area (Å²) in [6, 6.07) is 6.56. The molecule has 16 heavy (non-hydrogen) atoms. The predicted molar refractivity (Wildman–Crippen MR) is 62.3 cm³/mol. The van der Waals surface area contributed by atoms with Crippen LogP contribution in [0.15, 0.2) is 18.2 Å². The standard InChI is InChI=1S/C13H17FN2/c1-10(2)8-16(3)9-11-4-5-13(14)12(6-11)7-15/h4-6,10H,8-9H2,1-3H3. The summed E-state index contributed by atoms with van der Waals surface area (Å²) in [5.41, 5.74) is 1.09. The molecule has 1 aromatic carbocycles. The van der Waals surface area contributed by atoms with Gasteiger partial charge < -0.3 is 4.90 Å². The summed E-state index contributed by atoms with van der Waals surface area (Å²) in [4.78, 5) is 2.17. The van der Waals surface area contributed by atoms with Gasteiger partial charge in [-0.3, -0.25) is 0 Å². The molecule has 0 N–H and O–H groups in total. The van der Waals surface area contributed by atoms with Crippen molar-refractivity contribution in [1.82, 2.24) is 4.90 Å². The zero-order chi connectivity index (χ0) is 12.1. The molecular formula is C13H17FN2. The average molecular weight is 220 g/mol. The van der Waals surface area contributed by atoms with Gasteiger partial charge >= 0.3 is 0 Å². The number of nitriles is 1. The van der Waals surface area contributed by atoms with Crippen LogP contribution in [0.2, 0.25) is 0 Å². The average Bonchev–Trinajstić information content (AvgIpc) is 2.19. The topological polar surface area (TPSA) is 27.0 Å². The fraction of sp³-hybridized carbons (Fsp3) is 0.462. The predicted octanol–water partition coefficient (Wildman–Crippen LogP) is 2.79. The quantitative estimate of drug-likeness (QED) is 0.780. The van der Waals surface area contributed by atoms with Gasteiger partial charge in [-0.05, 0) is 30.7 Å². The number of halogens is 1. The largest absolute Gasteiger partial charge is 0.302 e. The van der Waals surface area contributed by atoms with Crippen molar-refractivity contribution < 1.29 is 4.39 Å². The maximum Gasteiger partial charge on any atom is 0.140 e. The SMILES string of the molecule is CC(C)CN(C)Cc1ccc(F)c(C#N)c1. The highest BCUT2D eigenvalue weighted by molar-refractivity contribution is 5.34. The minimum atomic E-state index is -0.447. The molecule has 0 spiro atoms. The van der Waals surface area contributed by atoms with E-state index in [0.29, 0.717) is 5.92 Å². The van der Waals surface area contributed by atoms with Gasteiger partial charge in [-0.2, -0.15) is 5.26 Å². The number of benzene rings is 1. The third-order valence-electron chi connectivity index (χ3n) is 2.28. The van der Waals surface area contributed by atoms with Crippen molar-refractivity contribution in [2.45, 2.75) is 20.4 Å². The number of nitrogens with zero attached hydrogens (tertiary/aromatic N) is 2. The Morgan fingerprint density at radius 2 is 2.12 bits per heavy atom. The lowest BCUT2D eigenvalue weighted by Crippen LogP contribution is -2.22. The van der Waals surface area contributed by atoms with E-state index in [1.54, 1.807) is 12.1 Å². The van der Waals surface area contributed by atoms with E-state index in [0.717, 1.165) is 18.7 Å². The molecule has 0 radical (unpaired) electrons. The summed E-state index contributed by atoms with van der Waals surface area (Å²) >= 11 is 0. The molecule has 0 aliphatic carbocycles. The molecule has 0 aromatic heterocycles. The molecule has 2 nitrogen and oxygen atoms in total. The highest BCUT2D eigenvalue weighted by atomic mass is 19.1. The van der Waals surface area contributed by atoms with E-state index in [-0.39, 0.29) is 5.56 Å². The first-order valence-corrected chi connectivity index (χ1v) is 5.40. The zero-order valence-corrected chi connectivity index (χ0v) is 10.00. The monoisotopic (exact) mass is 220 g/mol. The fourth-order valence-electron chi connectivity index (χ4n) is 1.76. The lowest BCUT2D eigenvalue weighted by molar-refractivity contribution is 0.288. The van der Waals surface area contributed by atoms with E-state index >= 15 is 0 Å². The molecule has 0 bridgehead atoms. The van der Waals surface area contributed by atoms with Gasteiger partial charge in [-0.15, -0.1) is 0 Å². The van der Waals surface area contributed by atoms with Crippen LogP contribution in [0, 0.1) is 23.1 Å². The zero-order valence-electron chi connectivity index (χ0n) is 10.00. The molecule has 3 heteroatoms. The van der Waals surface area contributed by atoms with Crippen LogP contribution in [0.5, 0.6) is 0 Å². The second-order valence-electron chi connectivity index (χ2n) is 4.52. The molecule has 0 saturated heterocycles. The van der Waals surface area contributed by atoms with Crippen molar-refractivity contribution in [3.63, 3.8) is 0 Å². The molecule has 0 saturated carbocycles. The Morgan fingerprint density at radius 1 is 1.44 bits per heavy atom. The summed E-state index contributed by atoms with van der Waals surface area (Å²) in [5.74, 6) is 0.152. The van der Waals surface area contributed by atoms with Gasteiger partial charge in [0.05, 0.1) is 5.56 Å². The Bertz CT molecular complexity index is 393. The molecule has 0 fully saturated rings. The van der Waals surface area contributed by atoms with Crippen molar-refractivity contribution in [3.05, 3.63) is 35.1 Å². The summed E-state index contributed by atoms with van der Waals surface area (Å²) < 4.78 is 13.1. The molecule has 0 aliphatic heterocycles. The van der Waals surface area contributed by atoms with E-state index in [1.807, 2.05) is 13.1 Å². The van der Waals surface area contributed by atoms with E-state index in [4.69, 9.17) is 5.26 Å². The lowest BCUT2D eigenvalue weighted by Gasteiger charge is -2.18. The van der Waals surface area contributed by atoms with Gasteiger partial charge in [0.25, 0.3) is 0 Å². The minimum absolute atomic E-state index is 0.121. The summed E-state index contributed by atoms with van der Waals surface area (Å²) in [7, 11) is 2.02. The van der Waals surface area contributed by atoms with E-state index in [1.165, 1.54) is 6.07 Å². The van der Waals surface area contributed by atoms with Crippen molar-refractivity contribution in [3.8, 4) is 6.07 Å². The van der Waals surface area contributed by atoms with Crippen LogP contribution in [0.3, 0.4) is 0 Å². The summed E-state index contributed by atoms with van der Waals surface area (Å²) in [5, 5.41) is 8.72. The van der Waals surface area contributed by atoms with Gasteiger partial charge in [0.2, 0.25) is 0 Å². The van der Waals surface area contributed by atoms with Crippen molar-refractivity contribution in [1.29, 1.82) is 5.26 Å². The molecule has 0 aliphatic rings. The summed E-state index contributed by atoms with van der Waals surface area (Å²) in [6.07, 6.45) is 0. The fourth-order valence-corrected chi connectivity index (χ4v) is 1.76. The molecule has 0 atom stereocenters. The second-order valence-corrected chi connectivity index (χ2v) is 4.52. The van der Waals surface area contributed by atoms with Crippen LogP contribution in [-0.2, 0) is 6.54 Å². The summed E-state index contributed by atoms with van der Waals surface area (Å²) in [6.45, 7) is 6.04. The smallest absolute Gasteiger partial charge is 0.140 e. The molecule has 0 unspecified atom stereocenters. The third kappa shape index (κ3) is 3.63. The van der Waals surface area contributed by atoms with Gasteiger partial charge in [0, 0.05) is 13.1 Å². The number of rotatable bonds is 4. The Morgan fingerprint density at radius 3 is 2.69 bits per heavy atom. The van der Waals surface area contributed by atoms with Crippen LogP contribution in [0.1, 0.15) is 25.0 Å². The van der Waals surface area contributed by atoms with Gasteiger partial charge in [-0.1, -0.05) is 19.9 Å². The van der Waals surface area contributed by atoms with Crippen LogP contribution in [0.4, 0.5) is 4.39 Å². The highest BCUT2D eigenvalue weighted by Crippen LogP contribution is 2.11. The highest BCUT2D eigenvalue weighted by Gasteiger charge is 2.06. The van der Waals surface area contributed by atoms with E-state index in [9.17, 15) is 4.39 Å². The van der Waals surface area contributed by atoms with Crippen molar-refractivity contribution >= 4 is 0 Å². The molecule has 0 heterocycles. The molecule has 1 rings (SSSR count). The van der Waals surface area contributed by atoms with Crippen molar-refractivity contribution in [2.75, 3.05) is 13.6 Å². The maximum atomic E-state index is 13.1. The number of hydrogen-bond acceptors (Lipinski definition) is 2. The van der Waals surface area contributed by atoms with Crippen LogP contribution >= 0.6 is 0 Å². The van der Waals surface area contributed by atoms with Crippen molar-refractivity contribution in [2.24, 2.45) is 5.92 Å². The molecular weight excluding hydrogens is 203 g/mol. The van der Waals surface area contributed by atoms with Gasteiger partial charge in [-0.25, -0.2) is 4.39 Å². The first kappa shape index (κ1) is 12.7. The van der Waals surface area contributed by atoms with E-state index in [2.05, 4.69) is 18.7 Å². The van der Waals surface area contributed by atoms with Crippen LogP contribution < -0.4 is 0 Å². The van der Waals surface area contributed by atoms with E-state index < -0.39 is 5.82 Å². The molecule has 86 valence electrons. The molecule has 0 amide bonds. The minimum Gasteiger partial charge on any atom is -0.302 e. The Hall–Kier alpha value is -1.40. The lowest BCUT2D eigenvalue weighted by atomic mass is 10.1. The van der Waals surface area contributed by atoms with Crippen LogP contribution in [-0.4, -0.2) is 18.5 Å². The normalized spacial score (nSPS) is 10.8. The maximum absolute atomic E-state index is 13.1. The second kappa shape index (κ2) is 5.62. The molecule has 1 aromatic rings. The first-order valence-electron chi connectivity index (χ1n) is 5.40. The first-order chi connectivity index (χ1) is 7.52. The number of hydrogen-bond donors (Lipinski definition) is 0.